The Morgan fingerprint density at radius 2 is 1.97 bits per heavy atom. The second kappa shape index (κ2) is 7.84. The highest BCUT2D eigenvalue weighted by atomic mass is 32.2. The van der Waals surface area contributed by atoms with Crippen molar-refractivity contribution in [3.8, 4) is 11.5 Å². The number of benzene rings is 2. The number of aryl methyl sites for hydroxylation is 1. The van der Waals surface area contributed by atoms with E-state index in [0.29, 0.717) is 22.6 Å². The van der Waals surface area contributed by atoms with E-state index in [1.807, 2.05) is 0 Å². The summed E-state index contributed by atoms with van der Waals surface area (Å²) in [6, 6.07) is 7.47. The largest absolute Gasteiger partial charge is 0.493 e. The molecule has 2 N–H and O–H groups in total. The molecule has 0 amide bonds. The van der Waals surface area contributed by atoms with Crippen LogP contribution in [0.15, 0.2) is 45.7 Å². The third kappa shape index (κ3) is 4.32. The maximum Gasteiger partial charge on any atom is 0.328 e. The number of rotatable bonds is 7. The monoisotopic (exact) mass is 418 g/mol. The van der Waals surface area contributed by atoms with Crippen LogP contribution in [0.1, 0.15) is 11.5 Å². The van der Waals surface area contributed by atoms with Gasteiger partial charge in [0.1, 0.15) is 10.4 Å². The number of anilines is 1. The highest BCUT2D eigenvalue weighted by molar-refractivity contribution is 7.92. The van der Waals surface area contributed by atoms with Gasteiger partial charge in [0.2, 0.25) is 0 Å². The van der Waals surface area contributed by atoms with E-state index in [4.69, 9.17) is 19.0 Å². The van der Waals surface area contributed by atoms with Crippen LogP contribution in [0.2, 0.25) is 0 Å². The van der Waals surface area contributed by atoms with Gasteiger partial charge in [-0.25, -0.2) is 18.2 Å². The van der Waals surface area contributed by atoms with E-state index >= 15 is 0 Å². The number of nitrogens with zero attached hydrogens (tertiary/aromatic N) is 1. The average molecular weight is 418 g/mol. The number of carboxylic acid groups (broad SMARTS) is 1. The molecule has 2 aromatic carbocycles. The van der Waals surface area contributed by atoms with E-state index in [-0.39, 0.29) is 22.1 Å². The summed E-state index contributed by atoms with van der Waals surface area (Å²) in [5.41, 5.74) is 1.61. The van der Waals surface area contributed by atoms with Gasteiger partial charge in [0.25, 0.3) is 10.0 Å². The number of oxazole rings is 1. The summed E-state index contributed by atoms with van der Waals surface area (Å²) >= 11 is 0. The number of carboxylic acids is 1. The molecule has 9 nitrogen and oxygen atoms in total. The van der Waals surface area contributed by atoms with E-state index < -0.39 is 16.0 Å². The molecule has 0 atom stereocenters. The van der Waals surface area contributed by atoms with Crippen LogP contribution in [0.25, 0.3) is 17.2 Å². The lowest BCUT2D eigenvalue weighted by Gasteiger charge is -2.15. The fraction of sp³-hybridized carbons (Fsp3) is 0.158. The molecule has 0 spiro atoms. The molecular weight excluding hydrogens is 400 g/mol. The fourth-order valence-corrected chi connectivity index (χ4v) is 3.99. The SMILES string of the molecule is COc1cc(/C=C/C(=O)O)cc(S(=O)(=O)Nc2ccc3nc(C)oc3c2)c1OC. The van der Waals surface area contributed by atoms with Gasteiger partial charge in [0.15, 0.2) is 23.0 Å². The van der Waals surface area contributed by atoms with Gasteiger partial charge in [-0.2, -0.15) is 0 Å². The van der Waals surface area contributed by atoms with Crippen LogP contribution in [0.4, 0.5) is 5.69 Å². The molecule has 0 bridgehead atoms. The zero-order chi connectivity index (χ0) is 21.2. The molecule has 0 saturated carbocycles. The van der Waals surface area contributed by atoms with Crippen molar-refractivity contribution in [3.05, 3.63) is 47.9 Å². The minimum Gasteiger partial charge on any atom is -0.493 e. The maximum absolute atomic E-state index is 13.0. The Kier molecular flexibility index (Phi) is 5.46. The number of aromatic nitrogens is 1. The molecule has 3 aromatic rings. The van der Waals surface area contributed by atoms with Crippen LogP contribution in [0.3, 0.4) is 0 Å². The Morgan fingerprint density at radius 1 is 1.21 bits per heavy atom. The lowest BCUT2D eigenvalue weighted by molar-refractivity contribution is -0.131. The molecule has 10 heteroatoms. The minimum absolute atomic E-state index is 0.0101. The average Bonchev–Trinajstić information content (AvgIpc) is 3.04. The zero-order valence-corrected chi connectivity index (χ0v) is 16.6. The second-order valence-electron chi connectivity index (χ2n) is 5.95. The predicted octanol–water partition coefficient (Wildman–Crippen LogP) is 3.05. The summed E-state index contributed by atoms with van der Waals surface area (Å²) in [7, 11) is -1.44. The predicted molar refractivity (Wildman–Crippen MR) is 106 cm³/mol. The Bertz CT molecular complexity index is 1210. The quantitative estimate of drug-likeness (QED) is 0.560. The van der Waals surface area contributed by atoms with Crippen LogP contribution < -0.4 is 14.2 Å². The summed E-state index contributed by atoms with van der Waals surface area (Å²) < 4.78 is 44.4. The first-order valence-corrected chi connectivity index (χ1v) is 9.79. The smallest absolute Gasteiger partial charge is 0.328 e. The molecule has 0 aliphatic rings. The highest BCUT2D eigenvalue weighted by Crippen LogP contribution is 2.37. The minimum atomic E-state index is -4.11. The van der Waals surface area contributed by atoms with Crippen molar-refractivity contribution in [3.63, 3.8) is 0 Å². The summed E-state index contributed by atoms with van der Waals surface area (Å²) in [4.78, 5) is 14.8. The molecule has 0 fully saturated rings. The molecule has 3 rings (SSSR count). The van der Waals surface area contributed by atoms with Crippen molar-refractivity contribution < 1.29 is 32.2 Å². The molecular formula is C19H18N2O7S. The van der Waals surface area contributed by atoms with Gasteiger partial charge in [-0.15, -0.1) is 0 Å². The molecule has 152 valence electrons. The Labute approximate surface area is 166 Å². The van der Waals surface area contributed by atoms with Gasteiger partial charge in [-0.05, 0) is 35.9 Å². The lowest BCUT2D eigenvalue weighted by atomic mass is 10.2. The number of fused-ring (bicyclic) bond motifs is 1. The standard InChI is InChI=1S/C19H18N2O7S/c1-11-20-14-6-5-13(10-15(14)28-11)21-29(24,25)17-9-12(4-7-18(22)23)8-16(26-2)19(17)27-3/h4-10,21H,1-3H3,(H,22,23)/b7-4+. The van der Waals surface area contributed by atoms with Crippen LogP contribution in [0, 0.1) is 6.92 Å². The number of aliphatic carboxylic acids is 1. The van der Waals surface area contributed by atoms with Crippen molar-refractivity contribution in [2.75, 3.05) is 18.9 Å². The van der Waals surface area contributed by atoms with Gasteiger partial charge in [0.05, 0.1) is 19.9 Å². The fourth-order valence-electron chi connectivity index (χ4n) is 2.73. The second-order valence-corrected chi connectivity index (χ2v) is 7.60. The molecule has 1 aromatic heterocycles. The zero-order valence-electron chi connectivity index (χ0n) is 15.8. The first kappa shape index (κ1) is 20.2. The van der Waals surface area contributed by atoms with Gasteiger partial charge in [-0.1, -0.05) is 0 Å². The Morgan fingerprint density at radius 3 is 2.62 bits per heavy atom. The molecule has 0 radical (unpaired) electrons. The molecule has 0 aliphatic heterocycles. The first-order chi connectivity index (χ1) is 13.7. The summed E-state index contributed by atoms with van der Waals surface area (Å²) in [5.74, 6) is -0.576. The van der Waals surface area contributed by atoms with Crippen LogP contribution in [-0.2, 0) is 14.8 Å². The molecule has 0 aliphatic carbocycles. The van der Waals surface area contributed by atoms with Crippen LogP contribution in [-0.4, -0.2) is 38.7 Å². The Hall–Kier alpha value is -3.53. The summed E-state index contributed by atoms with van der Waals surface area (Å²) in [6.07, 6.45) is 2.15. The van der Waals surface area contributed by atoms with E-state index in [1.54, 1.807) is 19.1 Å². The van der Waals surface area contributed by atoms with Gasteiger partial charge >= 0.3 is 5.97 Å². The van der Waals surface area contributed by atoms with Gasteiger partial charge in [-0.3, -0.25) is 4.72 Å². The van der Waals surface area contributed by atoms with Crippen LogP contribution >= 0.6 is 0 Å². The summed E-state index contributed by atoms with van der Waals surface area (Å²) in [5, 5.41) is 8.83. The van der Waals surface area contributed by atoms with Crippen molar-refractivity contribution in [1.82, 2.24) is 4.98 Å². The van der Waals surface area contributed by atoms with Gasteiger partial charge in [0, 0.05) is 19.1 Å². The number of nitrogens with one attached hydrogen (secondary N) is 1. The topological polar surface area (TPSA) is 128 Å². The summed E-state index contributed by atoms with van der Waals surface area (Å²) in [6.45, 7) is 1.69. The molecule has 0 unspecified atom stereocenters. The van der Waals surface area contributed by atoms with E-state index in [9.17, 15) is 13.2 Å². The van der Waals surface area contributed by atoms with Crippen LogP contribution in [0.5, 0.6) is 11.5 Å². The Balaban J connectivity index is 2.07. The van der Waals surface area contributed by atoms with Crippen molar-refractivity contribution >= 4 is 38.9 Å². The number of hydrogen-bond acceptors (Lipinski definition) is 7. The van der Waals surface area contributed by atoms with Crippen molar-refractivity contribution in [1.29, 1.82) is 0 Å². The first-order valence-electron chi connectivity index (χ1n) is 8.30. The van der Waals surface area contributed by atoms with Crippen molar-refractivity contribution in [2.24, 2.45) is 0 Å². The van der Waals surface area contributed by atoms with E-state index in [2.05, 4.69) is 9.71 Å². The number of sulfonamides is 1. The highest BCUT2D eigenvalue weighted by Gasteiger charge is 2.24. The number of ether oxygens (including phenoxy) is 2. The third-order valence-electron chi connectivity index (χ3n) is 3.92. The van der Waals surface area contributed by atoms with E-state index in [0.717, 1.165) is 6.08 Å². The molecule has 29 heavy (non-hydrogen) atoms. The number of hydrogen-bond donors (Lipinski definition) is 2. The van der Waals surface area contributed by atoms with Gasteiger partial charge < -0.3 is 19.0 Å². The maximum atomic E-state index is 13.0. The number of methoxy groups -OCH3 is 2. The molecule has 1 heterocycles. The molecule has 0 saturated heterocycles. The lowest BCUT2D eigenvalue weighted by Crippen LogP contribution is -2.14. The van der Waals surface area contributed by atoms with Crippen molar-refractivity contribution in [2.45, 2.75) is 11.8 Å². The number of carbonyl (C=O) groups is 1. The van der Waals surface area contributed by atoms with E-state index in [1.165, 1.54) is 38.5 Å². The normalized spacial score (nSPS) is 11.7. The third-order valence-corrected chi connectivity index (χ3v) is 5.31.